The van der Waals surface area contributed by atoms with Gasteiger partial charge in [-0.15, -0.1) is 0 Å². The number of hydrogen-bond donors (Lipinski definition) is 1. The lowest BCUT2D eigenvalue weighted by molar-refractivity contribution is 0.999. The van der Waals surface area contributed by atoms with Gasteiger partial charge in [0, 0.05) is 15.6 Å². The second-order valence-corrected chi connectivity index (χ2v) is 4.55. The summed E-state index contributed by atoms with van der Waals surface area (Å²) in [5.41, 5.74) is 2.27. The van der Waals surface area contributed by atoms with Crippen molar-refractivity contribution >= 4 is 15.9 Å². The van der Waals surface area contributed by atoms with E-state index in [1.807, 2.05) is 24.3 Å². The van der Waals surface area contributed by atoms with Gasteiger partial charge in [0.05, 0.1) is 5.69 Å². The molecule has 1 aromatic carbocycles. The average Bonchev–Trinajstić information content (AvgIpc) is 2.25. The zero-order valence-corrected chi connectivity index (χ0v) is 10.6. The highest BCUT2D eigenvalue weighted by atomic mass is 79.9. The Morgan fingerprint density at radius 2 is 1.81 bits per heavy atom. The molecule has 82 valence electrons. The minimum atomic E-state index is -0.0783. The van der Waals surface area contributed by atoms with E-state index in [9.17, 15) is 4.79 Å². The van der Waals surface area contributed by atoms with Gasteiger partial charge in [0.25, 0.3) is 5.56 Å². The predicted octanol–water partition coefficient (Wildman–Crippen LogP) is 2.82. The van der Waals surface area contributed by atoms with Crippen molar-refractivity contribution in [3.8, 4) is 11.3 Å². The number of rotatable bonds is 1. The fourth-order valence-corrected chi connectivity index (χ4v) is 1.80. The van der Waals surface area contributed by atoms with Gasteiger partial charge < -0.3 is 4.98 Å². The molecule has 0 amide bonds. The molecular weight excluding hydrogens is 268 g/mol. The molecule has 4 heteroatoms. The molecule has 3 nitrogen and oxygen atoms in total. The molecule has 0 atom stereocenters. The first-order chi connectivity index (χ1) is 7.58. The molecule has 0 saturated heterocycles. The zero-order valence-electron chi connectivity index (χ0n) is 9.04. The lowest BCUT2D eigenvalue weighted by atomic mass is 10.1. The highest BCUT2D eigenvalue weighted by Gasteiger charge is 2.07. The van der Waals surface area contributed by atoms with Crippen molar-refractivity contribution in [2.24, 2.45) is 0 Å². The van der Waals surface area contributed by atoms with E-state index in [4.69, 9.17) is 0 Å². The second kappa shape index (κ2) is 4.22. The first-order valence-electron chi connectivity index (χ1n) is 4.91. The maximum absolute atomic E-state index is 11.6. The Hall–Kier alpha value is -1.42. The molecule has 0 aliphatic heterocycles. The highest BCUT2D eigenvalue weighted by Crippen LogP contribution is 2.21. The molecular formula is C12H11BrN2O. The van der Waals surface area contributed by atoms with Gasteiger partial charge in [0.2, 0.25) is 0 Å². The maximum Gasteiger partial charge on any atom is 0.254 e. The number of aryl methyl sites for hydroxylation is 1. The number of aromatic nitrogens is 2. The number of aromatic amines is 1. The van der Waals surface area contributed by atoms with Crippen LogP contribution in [-0.4, -0.2) is 9.97 Å². The first-order valence-corrected chi connectivity index (χ1v) is 5.70. The molecule has 1 heterocycles. The minimum Gasteiger partial charge on any atom is -0.311 e. The molecule has 0 aliphatic carbocycles. The number of halogens is 1. The van der Waals surface area contributed by atoms with Crippen LogP contribution in [-0.2, 0) is 0 Å². The van der Waals surface area contributed by atoms with Crippen LogP contribution in [0.15, 0.2) is 33.5 Å². The maximum atomic E-state index is 11.6. The summed E-state index contributed by atoms with van der Waals surface area (Å²) in [6.45, 7) is 3.56. The quantitative estimate of drug-likeness (QED) is 0.872. The van der Waals surface area contributed by atoms with Crippen molar-refractivity contribution < 1.29 is 0 Å². The molecule has 2 aromatic rings. The Balaban J connectivity index is 2.64. The monoisotopic (exact) mass is 278 g/mol. The SMILES string of the molecule is Cc1nc(-c2ccc(Br)cc2)c(C)c(=O)[nH]1. The summed E-state index contributed by atoms with van der Waals surface area (Å²) in [5, 5.41) is 0. The van der Waals surface area contributed by atoms with Gasteiger partial charge in [-0.25, -0.2) is 4.98 Å². The van der Waals surface area contributed by atoms with E-state index in [-0.39, 0.29) is 5.56 Å². The number of benzene rings is 1. The van der Waals surface area contributed by atoms with Gasteiger partial charge in [0.1, 0.15) is 5.82 Å². The average molecular weight is 279 g/mol. The molecule has 0 aliphatic rings. The van der Waals surface area contributed by atoms with E-state index >= 15 is 0 Å². The lowest BCUT2D eigenvalue weighted by Crippen LogP contribution is -2.14. The highest BCUT2D eigenvalue weighted by molar-refractivity contribution is 9.10. The Morgan fingerprint density at radius 1 is 1.19 bits per heavy atom. The van der Waals surface area contributed by atoms with E-state index in [2.05, 4.69) is 25.9 Å². The van der Waals surface area contributed by atoms with Crippen molar-refractivity contribution in [2.75, 3.05) is 0 Å². The van der Waals surface area contributed by atoms with Crippen LogP contribution in [0.25, 0.3) is 11.3 Å². The van der Waals surface area contributed by atoms with E-state index in [1.54, 1.807) is 13.8 Å². The third-order valence-corrected chi connectivity index (χ3v) is 2.92. The summed E-state index contributed by atoms with van der Waals surface area (Å²) in [6.07, 6.45) is 0. The van der Waals surface area contributed by atoms with E-state index in [1.165, 1.54) is 0 Å². The first kappa shape index (κ1) is 11.1. The van der Waals surface area contributed by atoms with Gasteiger partial charge in [0.15, 0.2) is 0 Å². The summed E-state index contributed by atoms with van der Waals surface area (Å²) >= 11 is 3.38. The van der Waals surface area contributed by atoms with Gasteiger partial charge in [-0.05, 0) is 26.0 Å². The molecule has 2 rings (SSSR count). The fourth-order valence-electron chi connectivity index (χ4n) is 1.53. The number of H-pyrrole nitrogens is 1. The largest absolute Gasteiger partial charge is 0.311 e. The van der Waals surface area contributed by atoms with Crippen molar-refractivity contribution in [1.82, 2.24) is 9.97 Å². The van der Waals surface area contributed by atoms with Gasteiger partial charge in [-0.1, -0.05) is 28.1 Å². The van der Waals surface area contributed by atoms with Crippen LogP contribution in [0.4, 0.5) is 0 Å². The summed E-state index contributed by atoms with van der Waals surface area (Å²) in [6, 6.07) is 7.76. The molecule has 0 saturated carbocycles. The third-order valence-electron chi connectivity index (χ3n) is 2.39. The topological polar surface area (TPSA) is 45.8 Å². The minimum absolute atomic E-state index is 0.0783. The number of nitrogens with one attached hydrogen (secondary N) is 1. The summed E-state index contributed by atoms with van der Waals surface area (Å²) < 4.78 is 1.01. The van der Waals surface area contributed by atoms with Gasteiger partial charge in [-0.3, -0.25) is 4.79 Å². The summed E-state index contributed by atoms with van der Waals surface area (Å²) in [5.74, 6) is 0.633. The van der Waals surface area contributed by atoms with Gasteiger partial charge >= 0.3 is 0 Å². The summed E-state index contributed by atoms with van der Waals surface area (Å²) in [4.78, 5) is 18.6. The van der Waals surface area contributed by atoms with Crippen molar-refractivity contribution in [2.45, 2.75) is 13.8 Å². The van der Waals surface area contributed by atoms with Crippen molar-refractivity contribution in [3.05, 3.63) is 50.5 Å². The van der Waals surface area contributed by atoms with Crippen LogP contribution in [0, 0.1) is 13.8 Å². The fraction of sp³-hybridized carbons (Fsp3) is 0.167. The molecule has 0 unspecified atom stereocenters. The van der Waals surface area contributed by atoms with E-state index in [0.717, 1.165) is 15.7 Å². The predicted molar refractivity (Wildman–Crippen MR) is 67.5 cm³/mol. The number of nitrogens with zero attached hydrogens (tertiary/aromatic N) is 1. The molecule has 1 N–H and O–H groups in total. The standard InChI is InChI=1S/C12H11BrN2O/c1-7-11(14-8(2)15-12(7)16)9-3-5-10(13)6-4-9/h3-6H,1-2H3,(H,14,15,16). The van der Waals surface area contributed by atoms with Crippen LogP contribution in [0.2, 0.25) is 0 Å². The van der Waals surface area contributed by atoms with Crippen LogP contribution in [0.3, 0.4) is 0 Å². The Kier molecular flexibility index (Phi) is 2.92. The Morgan fingerprint density at radius 3 is 2.44 bits per heavy atom. The zero-order chi connectivity index (χ0) is 11.7. The smallest absolute Gasteiger partial charge is 0.254 e. The van der Waals surface area contributed by atoms with E-state index in [0.29, 0.717) is 11.4 Å². The Bertz CT molecular complexity index is 573. The van der Waals surface area contributed by atoms with Crippen molar-refractivity contribution in [1.29, 1.82) is 0 Å². The third kappa shape index (κ3) is 2.07. The van der Waals surface area contributed by atoms with Crippen LogP contribution in [0.1, 0.15) is 11.4 Å². The normalized spacial score (nSPS) is 10.4. The van der Waals surface area contributed by atoms with Crippen LogP contribution in [0.5, 0.6) is 0 Å². The molecule has 1 aromatic heterocycles. The second-order valence-electron chi connectivity index (χ2n) is 3.63. The molecule has 0 bridgehead atoms. The van der Waals surface area contributed by atoms with Crippen LogP contribution < -0.4 is 5.56 Å². The van der Waals surface area contributed by atoms with Gasteiger partial charge in [-0.2, -0.15) is 0 Å². The summed E-state index contributed by atoms with van der Waals surface area (Å²) in [7, 11) is 0. The molecule has 0 fully saturated rings. The molecule has 0 radical (unpaired) electrons. The number of hydrogen-bond acceptors (Lipinski definition) is 2. The Labute approximate surface area is 102 Å². The van der Waals surface area contributed by atoms with Crippen molar-refractivity contribution in [3.63, 3.8) is 0 Å². The lowest BCUT2D eigenvalue weighted by Gasteiger charge is -2.05. The molecule has 16 heavy (non-hydrogen) atoms. The molecule has 0 spiro atoms. The van der Waals surface area contributed by atoms with Crippen LogP contribution >= 0.6 is 15.9 Å². The van der Waals surface area contributed by atoms with E-state index < -0.39 is 0 Å².